The zero-order valence-electron chi connectivity index (χ0n) is 25.8. The highest BCUT2D eigenvalue weighted by atomic mass is 32.1. The van der Waals surface area contributed by atoms with E-state index in [1.165, 1.54) is 11.3 Å². The fourth-order valence-electron chi connectivity index (χ4n) is 5.43. The molecule has 1 atom stereocenters. The van der Waals surface area contributed by atoms with Crippen LogP contribution in [-0.2, 0) is 20.4 Å². The van der Waals surface area contributed by atoms with Crippen LogP contribution >= 0.6 is 11.3 Å². The molecule has 2 heterocycles. The molecule has 4 aromatic rings. The Morgan fingerprint density at radius 1 is 0.953 bits per heavy atom. The number of thiazole rings is 1. The van der Waals surface area contributed by atoms with Gasteiger partial charge in [-0.3, -0.25) is 9.36 Å². The van der Waals surface area contributed by atoms with Crippen molar-refractivity contribution in [2.75, 3.05) is 6.61 Å². The first-order chi connectivity index (χ1) is 20.3. The molecule has 0 saturated carbocycles. The number of esters is 1. The van der Waals surface area contributed by atoms with E-state index in [2.05, 4.69) is 41.5 Å². The van der Waals surface area contributed by atoms with E-state index in [-0.39, 0.29) is 28.7 Å². The van der Waals surface area contributed by atoms with Crippen LogP contribution < -0.4 is 14.9 Å². The number of aromatic nitrogens is 1. The summed E-state index contributed by atoms with van der Waals surface area (Å²) in [6.07, 6.45) is 1.87. The van der Waals surface area contributed by atoms with Gasteiger partial charge in [0.15, 0.2) is 4.80 Å². The molecule has 0 bridgehead atoms. The molecule has 7 heteroatoms. The van der Waals surface area contributed by atoms with Gasteiger partial charge in [0.25, 0.3) is 5.56 Å². The Kier molecular flexibility index (Phi) is 8.05. The lowest BCUT2D eigenvalue weighted by Crippen LogP contribution is -2.40. The van der Waals surface area contributed by atoms with Crippen molar-refractivity contribution in [2.45, 2.75) is 65.3 Å². The van der Waals surface area contributed by atoms with Crippen molar-refractivity contribution in [2.24, 2.45) is 4.99 Å². The highest BCUT2D eigenvalue weighted by Crippen LogP contribution is 2.40. The smallest absolute Gasteiger partial charge is 0.338 e. The summed E-state index contributed by atoms with van der Waals surface area (Å²) < 4.78 is 7.64. The lowest BCUT2D eigenvalue weighted by Gasteiger charge is -2.27. The molecular formula is C36H38N2O4S. The topological polar surface area (TPSA) is 80.9 Å². The molecule has 0 aliphatic carbocycles. The van der Waals surface area contributed by atoms with Gasteiger partial charge in [0.1, 0.15) is 5.75 Å². The van der Waals surface area contributed by atoms with Crippen molar-refractivity contribution in [3.8, 4) is 5.75 Å². The van der Waals surface area contributed by atoms with Crippen LogP contribution in [0.25, 0.3) is 11.8 Å². The largest absolute Gasteiger partial charge is 0.507 e. The summed E-state index contributed by atoms with van der Waals surface area (Å²) in [5.74, 6) is -0.217. The molecule has 1 N–H and O–H groups in total. The van der Waals surface area contributed by atoms with Gasteiger partial charge in [0.05, 0.1) is 28.5 Å². The fourth-order valence-corrected chi connectivity index (χ4v) is 6.43. The number of fused-ring (bicyclic) bond motifs is 1. The monoisotopic (exact) mass is 594 g/mol. The van der Waals surface area contributed by atoms with E-state index in [9.17, 15) is 14.7 Å². The maximum Gasteiger partial charge on any atom is 0.338 e. The predicted octanol–water partition coefficient (Wildman–Crippen LogP) is 6.24. The van der Waals surface area contributed by atoms with Gasteiger partial charge in [-0.2, -0.15) is 0 Å². The van der Waals surface area contributed by atoms with Crippen LogP contribution in [0.2, 0.25) is 0 Å². The Bertz CT molecular complexity index is 1850. The maximum absolute atomic E-state index is 14.3. The molecule has 5 rings (SSSR count). The molecule has 222 valence electrons. The average Bonchev–Trinajstić information content (AvgIpc) is 3.27. The molecule has 6 nitrogen and oxygen atoms in total. The van der Waals surface area contributed by atoms with Gasteiger partial charge in [-0.1, -0.05) is 114 Å². The minimum Gasteiger partial charge on any atom is -0.507 e. The second-order valence-corrected chi connectivity index (χ2v) is 13.8. The molecule has 0 amide bonds. The van der Waals surface area contributed by atoms with Crippen molar-refractivity contribution < 1.29 is 14.6 Å². The summed E-state index contributed by atoms with van der Waals surface area (Å²) in [5.41, 5.74) is 3.97. The van der Waals surface area contributed by atoms with Crippen LogP contribution in [0.15, 0.2) is 88.2 Å². The Balaban J connectivity index is 1.83. The van der Waals surface area contributed by atoms with Crippen molar-refractivity contribution >= 4 is 29.1 Å². The van der Waals surface area contributed by atoms with E-state index >= 15 is 0 Å². The lowest BCUT2D eigenvalue weighted by molar-refractivity contribution is -0.138. The van der Waals surface area contributed by atoms with Crippen LogP contribution in [0.1, 0.15) is 82.3 Å². The van der Waals surface area contributed by atoms with E-state index in [0.29, 0.717) is 20.6 Å². The van der Waals surface area contributed by atoms with Gasteiger partial charge in [-0.15, -0.1) is 0 Å². The average molecular weight is 595 g/mol. The minimum atomic E-state index is -0.719. The number of carbonyl (C=O) groups excluding carboxylic acids is 1. The molecule has 0 radical (unpaired) electrons. The number of carbonyl (C=O) groups is 1. The molecular weight excluding hydrogens is 556 g/mol. The predicted molar refractivity (Wildman–Crippen MR) is 173 cm³/mol. The molecule has 0 saturated heterocycles. The van der Waals surface area contributed by atoms with Crippen molar-refractivity contribution in [1.29, 1.82) is 0 Å². The zero-order chi connectivity index (χ0) is 31.1. The number of hydrogen-bond donors (Lipinski definition) is 1. The van der Waals surface area contributed by atoms with E-state index in [4.69, 9.17) is 9.73 Å². The summed E-state index contributed by atoms with van der Waals surface area (Å²) in [5, 5.41) is 11.2. The molecule has 1 aliphatic heterocycles. The number of phenolic OH excluding ortho intramolecular Hbond substituents is 1. The van der Waals surface area contributed by atoms with Crippen molar-refractivity contribution in [3.63, 3.8) is 0 Å². The molecule has 1 aliphatic rings. The van der Waals surface area contributed by atoms with Crippen LogP contribution in [-0.4, -0.2) is 22.2 Å². The van der Waals surface area contributed by atoms with Gasteiger partial charge in [-0.25, -0.2) is 9.79 Å². The van der Waals surface area contributed by atoms with Crippen LogP contribution in [0.5, 0.6) is 5.75 Å². The van der Waals surface area contributed by atoms with Gasteiger partial charge >= 0.3 is 5.97 Å². The van der Waals surface area contributed by atoms with E-state index in [1.807, 2.05) is 78.9 Å². The van der Waals surface area contributed by atoms with Crippen LogP contribution in [0.3, 0.4) is 0 Å². The van der Waals surface area contributed by atoms with E-state index < -0.39 is 12.0 Å². The number of rotatable bonds is 5. The standard InChI is InChI=1S/C36H38N2O4S/c1-8-42-33(41)28-29(23-15-11-9-12-16-23)37-34-38(30(28)24-17-13-10-14-18-24)32(40)27(43-34)21-22-19-25(35(2,3)4)31(39)26(20-22)36(5,6)7/h9-21,30,39H,8H2,1-7H3/b27-21-/t30-/m0/s1. The molecule has 0 spiro atoms. The number of phenols is 1. The second kappa shape index (κ2) is 11.5. The van der Waals surface area contributed by atoms with Gasteiger partial charge < -0.3 is 9.84 Å². The van der Waals surface area contributed by atoms with Crippen molar-refractivity contribution in [1.82, 2.24) is 4.57 Å². The SMILES string of the molecule is CCOC(=O)C1=C(c2ccccc2)N=c2s/c(=C\c3cc(C(C)(C)C)c(O)c(C(C)(C)C)c3)c(=O)n2[C@H]1c1ccccc1. The lowest BCUT2D eigenvalue weighted by atomic mass is 9.78. The fraction of sp³-hybridized carbons (Fsp3) is 0.306. The third-order valence-corrected chi connectivity index (χ3v) is 8.52. The first-order valence-corrected chi connectivity index (χ1v) is 15.3. The van der Waals surface area contributed by atoms with Gasteiger partial charge in [0, 0.05) is 16.7 Å². The molecule has 1 aromatic heterocycles. The number of ether oxygens (including phenoxy) is 1. The first kappa shape index (κ1) is 30.2. The summed E-state index contributed by atoms with van der Waals surface area (Å²) in [4.78, 5) is 33.3. The Hall–Kier alpha value is -4.23. The summed E-state index contributed by atoms with van der Waals surface area (Å²) >= 11 is 1.29. The molecule has 0 fully saturated rings. The summed E-state index contributed by atoms with van der Waals surface area (Å²) in [7, 11) is 0. The Morgan fingerprint density at radius 2 is 1.51 bits per heavy atom. The molecule has 3 aromatic carbocycles. The maximum atomic E-state index is 14.3. The number of benzene rings is 3. The molecule has 0 unspecified atom stereocenters. The van der Waals surface area contributed by atoms with Gasteiger partial charge in [-0.05, 0) is 47.1 Å². The normalized spacial score (nSPS) is 15.7. The van der Waals surface area contributed by atoms with E-state index in [1.54, 1.807) is 11.5 Å². The van der Waals surface area contributed by atoms with E-state index in [0.717, 1.165) is 27.8 Å². The highest BCUT2D eigenvalue weighted by Gasteiger charge is 2.35. The Labute approximate surface area is 256 Å². The number of hydrogen-bond acceptors (Lipinski definition) is 6. The van der Waals surface area contributed by atoms with Crippen LogP contribution in [0, 0.1) is 0 Å². The minimum absolute atomic E-state index is 0.198. The summed E-state index contributed by atoms with van der Waals surface area (Å²) in [6, 6.07) is 22.3. The summed E-state index contributed by atoms with van der Waals surface area (Å²) in [6.45, 7) is 14.3. The third-order valence-electron chi connectivity index (χ3n) is 7.54. The third kappa shape index (κ3) is 5.87. The highest BCUT2D eigenvalue weighted by molar-refractivity contribution is 7.07. The van der Waals surface area contributed by atoms with Crippen molar-refractivity contribution in [3.05, 3.63) is 126 Å². The molecule has 43 heavy (non-hydrogen) atoms. The quantitative estimate of drug-likeness (QED) is 0.278. The van der Waals surface area contributed by atoms with Crippen LogP contribution in [0.4, 0.5) is 0 Å². The number of nitrogens with zero attached hydrogens (tertiary/aromatic N) is 2. The number of aromatic hydroxyl groups is 1. The Morgan fingerprint density at radius 3 is 2.05 bits per heavy atom. The second-order valence-electron chi connectivity index (χ2n) is 12.8. The zero-order valence-corrected chi connectivity index (χ0v) is 26.6. The first-order valence-electron chi connectivity index (χ1n) is 14.5. The van der Waals surface area contributed by atoms with Gasteiger partial charge in [0.2, 0.25) is 0 Å².